The molecule has 7 nitrogen and oxygen atoms in total. The second kappa shape index (κ2) is 8.28. The summed E-state index contributed by atoms with van der Waals surface area (Å²) in [6, 6.07) is 6.97. The molecule has 1 aliphatic heterocycles. The lowest BCUT2D eigenvalue weighted by Crippen LogP contribution is -2.46. The number of halogens is 2. The number of hydrogen-bond donors (Lipinski definition) is 2. The van der Waals surface area contributed by atoms with Gasteiger partial charge >= 0.3 is 5.97 Å². The minimum Gasteiger partial charge on any atom is -0.477 e. The highest BCUT2D eigenvalue weighted by Gasteiger charge is 2.29. The van der Waals surface area contributed by atoms with Gasteiger partial charge in [0, 0.05) is 55.7 Å². The average Bonchev–Trinajstić information content (AvgIpc) is 3.60. The van der Waals surface area contributed by atoms with Crippen molar-refractivity contribution in [2.75, 3.05) is 24.5 Å². The lowest BCUT2D eigenvalue weighted by atomic mass is 10.0. The average molecular weight is 445 g/mol. The molecule has 9 heteroatoms. The maximum absolute atomic E-state index is 15.1. The minimum atomic E-state index is -1.29. The number of carbonyl (C=O) groups is 1. The molecule has 1 unspecified atom stereocenters. The largest absolute Gasteiger partial charge is 0.477 e. The molecule has 2 aliphatic rings. The smallest absolute Gasteiger partial charge is 0.341 e. The number of aromatic nitrogens is 2. The third kappa shape index (κ3) is 3.88. The molecule has 2 fully saturated rings. The van der Waals surface area contributed by atoms with E-state index in [2.05, 4.69) is 10.3 Å². The van der Waals surface area contributed by atoms with Gasteiger partial charge in [-0.05, 0) is 42.7 Å². The summed E-state index contributed by atoms with van der Waals surface area (Å²) in [7, 11) is 0. The van der Waals surface area contributed by atoms with Crippen LogP contribution >= 0.6 is 12.4 Å². The molecule has 0 radical (unpaired) electrons. The topological polar surface area (TPSA) is 87.5 Å². The van der Waals surface area contributed by atoms with E-state index in [9.17, 15) is 14.7 Å². The van der Waals surface area contributed by atoms with Gasteiger partial charge in [0.1, 0.15) is 11.4 Å². The van der Waals surface area contributed by atoms with Gasteiger partial charge in [-0.15, -0.1) is 12.4 Å². The molecule has 162 valence electrons. The fraction of sp³-hybridized carbons (Fsp3) is 0.318. The van der Waals surface area contributed by atoms with Crippen LogP contribution in [0, 0.1) is 5.82 Å². The Labute approximate surface area is 183 Å². The van der Waals surface area contributed by atoms with Gasteiger partial charge in [0.2, 0.25) is 5.43 Å². The monoisotopic (exact) mass is 444 g/mol. The number of rotatable bonds is 4. The van der Waals surface area contributed by atoms with E-state index in [-0.39, 0.29) is 35.4 Å². The van der Waals surface area contributed by atoms with Crippen molar-refractivity contribution in [1.29, 1.82) is 0 Å². The van der Waals surface area contributed by atoms with Gasteiger partial charge in [0.25, 0.3) is 0 Å². The normalized spacial score (nSPS) is 18.6. The maximum atomic E-state index is 15.1. The summed E-state index contributed by atoms with van der Waals surface area (Å²) in [5.74, 6) is -1.80. The predicted octanol–water partition coefficient (Wildman–Crippen LogP) is 3.14. The number of aromatic carboxylic acids is 1. The highest BCUT2D eigenvalue weighted by molar-refractivity contribution is 5.93. The summed E-state index contributed by atoms with van der Waals surface area (Å²) in [6.45, 7) is 1.90. The van der Waals surface area contributed by atoms with E-state index in [1.165, 1.54) is 12.3 Å². The zero-order valence-corrected chi connectivity index (χ0v) is 17.4. The molecule has 1 aromatic carbocycles. The number of carboxylic acid groups (broad SMARTS) is 1. The molecule has 1 saturated heterocycles. The zero-order valence-electron chi connectivity index (χ0n) is 16.6. The molecule has 0 spiro atoms. The van der Waals surface area contributed by atoms with Crippen LogP contribution in [0.25, 0.3) is 10.9 Å². The molecule has 1 saturated carbocycles. The fourth-order valence-electron chi connectivity index (χ4n) is 4.20. The molecule has 1 atom stereocenters. The third-order valence-corrected chi connectivity index (χ3v) is 5.90. The number of anilines is 1. The SMILES string of the molecule is Cl.O=C(O)c1cn(C2CC2)c2cc(N3CCNC(c4ccncc4)C3)c(F)cc2c1=O. The number of benzene rings is 1. The van der Waals surface area contributed by atoms with Crippen molar-refractivity contribution < 1.29 is 14.3 Å². The maximum Gasteiger partial charge on any atom is 0.341 e. The molecule has 2 aromatic heterocycles. The number of nitrogens with one attached hydrogen (secondary N) is 1. The lowest BCUT2D eigenvalue weighted by molar-refractivity contribution is 0.0695. The molecule has 1 aliphatic carbocycles. The van der Waals surface area contributed by atoms with E-state index >= 15 is 4.39 Å². The molecule has 3 heterocycles. The van der Waals surface area contributed by atoms with Gasteiger partial charge in [0.05, 0.1) is 11.2 Å². The first kappa shape index (κ1) is 21.3. The Kier molecular flexibility index (Phi) is 5.68. The van der Waals surface area contributed by atoms with Crippen molar-refractivity contribution in [3.05, 3.63) is 70.0 Å². The summed E-state index contributed by atoms with van der Waals surface area (Å²) in [4.78, 5) is 30.2. The summed E-state index contributed by atoms with van der Waals surface area (Å²) in [5.41, 5.74) is 1.14. The Balaban J connectivity index is 0.00000231. The molecule has 0 amide bonds. The van der Waals surface area contributed by atoms with Crippen molar-refractivity contribution >= 4 is 35.0 Å². The van der Waals surface area contributed by atoms with Crippen molar-refractivity contribution in [2.24, 2.45) is 0 Å². The Morgan fingerprint density at radius 3 is 2.65 bits per heavy atom. The summed E-state index contributed by atoms with van der Waals surface area (Å²) in [5, 5.41) is 13.0. The molecular weight excluding hydrogens is 423 g/mol. The van der Waals surface area contributed by atoms with Crippen molar-refractivity contribution in [3.63, 3.8) is 0 Å². The first-order valence-electron chi connectivity index (χ1n) is 10.0. The Hall–Kier alpha value is -2.97. The van der Waals surface area contributed by atoms with Crippen LogP contribution < -0.4 is 15.6 Å². The first-order chi connectivity index (χ1) is 14.5. The molecular formula is C22H22ClFN4O3. The van der Waals surface area contributed by atoms with Gasteiger partial charge in [-0.1, -0.05) is 0 Å². The van der Waals surface area contributed by atoms with Crippen LogP contribution in [0.2, 0.25) is 0 Å². The van der Waals surface area contributed by atoms with Gasteiger partial charge < -0.3 is 19.9 Å². The van der Waals surface area contributed by atoms with E-state index in [0.29, 0.717) is 30.8 Å². The molecule has 2 N–H and O–H groups in total. The van der Waals surface area contributed by atoms with E-state index in [1.807, 2.05) is 21.6 Å². The summed E-state index contributed by atoms with van der Waals surface area (Å²) in [6.07, 6.45) is 6.72. The number of nitrogens with zero attached hydrogens (tertiary/aromatic N) is 3. The highest BCUT2D eigenvalue weighted by atomic mass is 35.5. The van der Waals surface area contributed by atoms with E-state index in [0.717, 1.165) is 18.4 Å². The molecule has 0 bridgehead atoms. The Morgan fingerprint density at radius 2 is 1.97 bits per heavy atom. The second-order valence-electron chi connectivity index (χ2n) is 7.87. The fourth-order valence-corrected chi connectivity index (χ4v) is 4.20. The van der Waals surface area contributed by atoms with Gasteiger partial charge in [-0.2, -0.15) is 0 Å². The number of piperazine rings is 1. The lowest BCUT2D eigenvalue weighted by Gasteiger charge is -2.36. The van der Waals surface area contributed by atoms with E-state index in [1.54, 1.807) is 18.5 Å². The zero-order chi connectivity index (χ0) is 20.8. The summed E-state index contributed by atoms with van der Waals surface area (Å²) >= 11 is 0. The third-order valence-electron chi connectivity index (χ3n) is 5.90. The summed E-state index contributed by atoms with van der Waals surface area (Å²) < 4.78 is 17.0. The van der Waals surface area contributed by atoms with Crippen LogP contribution in [0.5, 0.6) is 0 Å². The van der Waals surface area contributed by atoms with Crippen molar-refractivity contribution in [2.45, 2.75) is 24.9 Å². The molecule has 5 rings (SSSR count). The Morgan fingerprint density at radius 1 is 1.23 bits per heavy atom. The van der Waals surface area contributed by atoms with Crippen LogP contribution in [-0.2, 0) is 0 Å². The number of carboxylic acids is 1. The van der Waals surface area contributed by atoms with Crippen LogP contribution in [0.4, 0.5) is 10.1 Å². The van der Waals surface area contributed by atoms with Gasteiger partial charge in [-0.25, -0.2) is 9.18 Å². The van der Waals surface area contributed by atoms with E-state index < -0.39 is 17.2 Å². The number of fused-ring (bicyclic) bond motifs is 1. The van der Waals surface area contributed by atoms with Crippen LogP contribution in [0.3, 0.4) is 0 Å². The van der Waals surface area contributed by atoms with Gasteiger partial charge in [0.15, 0.2) is 0 Å². The number of pyridine rings is 2. The standard InChI is InChI=1S/C22H21FN4O3.ClH/c23-17-9-15-19(27(14-1-2-14)11-16(21(15)28)22(29)30)10-20(17)26-8-7-25-18(12-26)13-3-5-24-6-4-13;/h3-6,9-11,14,18,25H,1-2,7-8,12H2,(H,29,30);1H. The van der Waals surface area contributed by atoms with Crippen LogP contribution in [0.15, 0.2) is 47.7 Å². The van der Waals surface area contributed by atoms with Crippen LogP contribution in [0.1, 0.15) is 40.8 Å². The Bertz CT molecular complexity index is 1200. The number of hydrogen-bond acceptors (Lipinski definition) is 5. The predicted molar refractivity (Wildman–Crippen MR) is 118 cm³/mol. The van der Waals surface area contributed by atoms with E-state index in [4.69, 9.17) is 0 Å². The first-order valence-corrected chi connectivity index (χ1v) is 10.0. The highest BCUT2D eigenvalue weighted by Crippen LogP contribution is 2.38. The van der Waals surface area contributed by atoms with Crippen molar-refractivity contribution in [1.82, 2.24) is 14.9 Å². The van der Waals surface area contributed by atoms with Crippen molar-refractivity contribution in [3.8, 4) is 0 Å². The minimum absolute atomic E-state index is 0. The molecule has 31 heavy (non-hydrogen) atoms. The molecule has 3 aromatic rings. The van der Waals surface area contributed by atoms with Gasteiger partial charge in [-0.3, -0.25) is 9.78 Å². The quantitative estimate of drug-likeness (QED) is 0.642. The second-order valence-corrected chi connectivity index (χ2v) is 7.87. The van der Waals surface area contributed by atoms with Crippen LogP contribution in [-0.4, -0.2) is 40.3 Å².